The fourth-order valence-electron chi connectivity index (χ4n) is 1.36. The van der Waals surface area contributed by atoms with Crippen LogP contribution in [0.3, 0.4) is 0 Å². The van der Waals surface area contributed by atoms with Gasteiger partial charge in [0.25, 0.3) is 0 Å². The summed E-state index contributed by atoms with van der Waals surface area (Å²) in [4.78, 5) is 10.8. The van der Waals surface area contributed by atoms with Gasteiger partial charge >= 0.3 is 0 Å². The highest BCUT2D eigenvalue weighted by Crippen LogP contribution is 2.20. The Kier molecular flexibility index (Phi) is 2.27. The normalized spacial score (nSPS) is 31.2. The summed E-state index contributed by atoms with van der Waals surface area (Å²) in [5.41, 5.74) is 0. The first-order chi connectivity index (χ1) is 4.79. The molecule has 10 heavy (non-hydrogen) atoms. The maximum absolute atomic E-state index is 10.8. The molecule has 1 aliphatic rings. The van der Waals surface area contributed by atoms with Crippen LogP contribution >= 0.6 is 0 Å². The van der Waals surface area contributed by atoms with Crippen LogP contribution in [0.1, 0.15) is 19.8 Å². The van der Waals surface area contributed by atoms with Crippen molar-refractivity contribution in [1.29, 1.82) is 0 Å². The second-order valence-corrected chi connectivity index (χ2v) is 2.64. The third-order valence-electron chi connectivity index (χ3n) is 2.03. The fourth-order valence-corrected chi connectivity index (χ4v) is 1.36. The zero-order valence-electron chi connectivity index (χ0n) is 6.13. The van der Waals surface area contributed by atoms with Crippen molar-refractivity contribution < 1.29 is 9.90 Å². The Morgan fingerprint density at radius 3 is 2.80 bits per heavy atom. The Bertz CT molecular complexity index is 136. The van der Waals surface area contributed by atoms with Gasteiger partial charge in [0.1, 0.15) is 0 Å². The van der Waals surface area contributed by atoms with Gasteiger partial charge in [0.15, 0.2) is 0 Å². The monoisotopic (exact) mass is 143 g/mol. The van der Waals surface area contributed by atoms with Crippen LogP contribution in [0.5, 0.6) is 0 Å². The molecule has 0 aromatic heterocycles. The van der Waals surface area contributed by atoms with Crippen LogP contribution in [0.15, 0.2) is 0 Å². The first-order valence-electron chi connectivity index (χ1n) is 3.70. The van der Waals surface area contributed by atoms with Crippen molar-refractivity contribution in [3.05, 3.63) is 0 Å². The molecule has 0 aromatic carbocycles. The molecule has 3 heteroatoms. The number of hydrogen-bond acceptors (Lipinski definition) is 2. The highest BCUT2D eigenvalue weighted by molar-refractivity contribution is 5.85. The highest BCUT2D eigenvalue weighted by Gasteiger charge is 2.36. The minimum Gasteiger partial charge on any atom is -0.396 e. The quantitative estimate of drug-likeness (QED) is 0.542. The number of β-lactam (4-membered cyclic amide) rings is 1. The molecular weight excluding hydrogens is 130 g/mol. The van der Waals surface area contributed by atoms with Crippen molar-refractivity contribution in [2.75, 3.05) is 6.61 Å². The first-order valence-corrected chi connectivity index (χ1v) is 3.70. The number of hydrogen-bond donors (Lipinski definition) is 2. The van der Waals surface area contributed by atoms with E-state index in [0.717, 1.165) is 6.42 Å². The van der Waals surface area contributed by atoms with E-state index < -0.39 is 0 Å². The van der Waals surface area contributed by atoms with E-state index in [4.69, 9.17) is 5.11 Å². The van der Waals surface area contributed by atoms with Gasteiger partial charge in [-0.2, -0.15) is 0 Å². The molecule has 0 radical (unpaired) electrons. The Morgan fingerprint density at radius 2 is 2.40 bits per heavy atom. The summed E-state index contributed by atoms with van der Waals surface area (Å²) in [6, 6.07) is 0.238. The van der Waals surface area contributed by atoms with Gasteiger partial charge < -0.3 is 10.4 Å². The zero-order valence-corrected chi connectivity index (χ0v) is 6.13. The third kappa shape index (κ3) is 1.14. The van der Waals surface area contributed by atoms with E-state index in [1.807, 2.05) is 6.92 Å². The van der Waals surface area contributed by atoms with E-state index in [9.17, 15) is 4.79 Å². The van der Waals surface area contributed by atoms with Gasteiger partial charge in [-0.15, -0.1) is 0 Å². The third-order valence-corrected chi connectivity index (χ3v) is 2.03. The zero-order chi connectivity index (χ0) is 7.56. The summed E-state index contributed by atoms with van der Waals surface area (Å²) < 4.78 is 0. The number of aliphatic hydroxyl groups is 1. The summed E-state index contributed by atoms with van der Waals surface area (Å²) in [5.74, 6) is 0.299. The molecule has 1 fully saturated rings. The fraction of sp³-hybridized carbons (Fsp3) is 0.857. The predicted molar refractivity (Wildman–Crippen MR) is 37.4 cm³/mol. The lowest BCUT2D eigenvalue weighted by molar-refractivity contribution is -0.135. The molecule has 2 atom stereocenters. The summed E-state index contributed by atoms with van der Waals surface area (Å²) in [7, 11) is 0. The standard InChI is InChI=1S/C7H13NO2/c1-2-5-6(3-4-9)8-7(5)10/h5-6,9H,2-4H2,1H3,(H,8,10). The molecule has 0 bridgehead atoms. The number of carbonyl (C=O) groups is 1. The number of amides is 1. The van der Waals surface area contributed by atoms with Crippen molar-refractivity contribution >= 4 is 5.91 Å². The average Bonchev–Trinajstić information content (AvgIpc) is 1.88. The van der Waals surface area contributed by atoms with Gasteiger partial charge in [-0.25, -0.2) is 0 Å². The van der Waals surface area contributed by atoms with Crippen LogP contribution in [0.2, 0.25) is 0 Å². The Morgan fingerprint density at radius 1 is 1.70 bits per heavy atom. The first kappa shape index (κ1) is 7.54. The molecule has 2 unspecified atom stereocenters. The van der Waals surface area contributed by atoms with Gasteiger partial charge in [0, 0.05) is 12.6 Å². The van der Waals surface area contributed by atoms with E-state index in [1.165, 1.54) is 0 Å². The molecule has 3 nitrogen and oxygen atoms in total. The lowest BCUT2D eigenvalue weighted by atomic mass is 9.86. The van der Waals surface area contributed by atoms with Gasteiger partial charge in [0.05, 0.1) is 5.92 Å². The lowest BCUT2D eigenvalue weighted by Gasteiger charge is -2.35. The predicted octanol–water partition coefficient (Wildman–Crippen LogP) is -0.107. The summed E-state index contributed by atoms with van der Waals surface area (Å²) in [5, 5.41) is 11.3. The van der Waals surface area contributed by atoms with Gasteiger partial charge in [-0.05, 0) is 12.8 Å². The van der Waals surface area contributed by atoms with Crippen molar-refractivity contribution in [2.45, 2.75) is 25.8 Å². The molecule has 1 heterocycles. The Hall–Kier alpha value is -0.570. The van der Waals surface area contributed by atoms with Crippen molar-refractivity contribution in [2.24, 2.45) is 5.92 Å². The summed E-state index contributed by atoms with van der Waals surface area (Å²) in [6.45, 7) is 2.16. The minimum atomic E-state index is 0.140. The van der Waals surface area contributed by atoms with Crippen LogP contribution in [0, 0.1) is 5.92 Å². The van der Waals surface area contributed by atoms with Crippen LogP contribution in [0.4, 0.5) is 0 Å². The number of aliphatic hydroxyl groups excluding tert-OH is 1. The molecule has 0 spiro atoms. The summed E-state index contributed by atoms with van der Waals surface area (Å²) >= 11 is 0. The molecule has 1 saturated heterocycles. The smallest absolute Gasteiger partial charge is 0.225 e. The molecule has 0 saturated carbocycles. The van der Waals surface area contributed by atoms with E-state index >= 15 is 0 Å². The van der Waals surface area contributed by atoms with Crippen molar-refractivity contribution in [3.8, 4) is 0 Å². The lowest BCUT2D eigenvalue weighted by Crippen LogP contribution is -2.58. The van der Waals surface area contributed by atoms with Crippen LogP contribution in [-0.4, -0.2) is 23.7 Å². The van der Waals surface area contributed by atoms with E-state index in [0.29, 0.717) is 6.42 Å². The molecule has 0 aromatic rings. The van der Waals surface area contributed by atoms with Gasteiger partial charge in [0.2, 0.25) is 5.91 Å². The molecular formula is C7H13NO2. The largest absolute Gasteiger partial charge is 0.396 e. The Balaban J connectivity index is 2.30. The molecule has 1 amide bonds. The van der Waals surface area contributed by atoms with E-state index in [-0.39, 0.29) is 24.5 Å². The maximum atomic E-state index is 10.8. The Labute approximate surface area is 60.4 Å². The average molecular weight is 143 g/mol. The van der Waals surface area contributed by atoms with E-state index in [1.54, 1.807) is 0 Å². The summed E-state index contributed by atoms with van der Waals surface area (Å²) in [6.07, 6.45) is 1.58. The number of rotatable bonds is 3. The molecule has 2 N–H and O–H groups in total. The van der Waals surface area contributed by atoms with Crippen molar-refractivity contribution in [1.82, 2.24) is 5.32 Å². The highest BCUT2D eigenvalue weighted by atomic mass is 16.3. The van der Waals surface area contributed by atoms with Crippen LogP contribution in [0.25, 0.3) is 0 Å². The second-order valence-electron chi connectivity index (χ2n) is 2.64. The molecule has 58 valence electrons. The number of nitrogens with one attached hydrogen (secondary N) is 1. The SMILES string of the molecule is CCC1C(=O)NC1CCO. The maximum Gasteiger partial charge on any atom is 0.225 e. The van der Waals surface area contributed by atoms with Crippen LogP contribution < -0.4 is 5.32 Å². The van der Waals surface area contributed by atoms with Crippen molar-refractivity contribution in [3.63, 3.8) is 0 Å². The topological polar surface area (TPSA) is 49.3 Å². The van der Waals surface area contributed by atoms with Gasteiger partial charge in [-0.3, -0.25) is 4.79 Å². The second kappa shape index (κ2) is 3.01. The molecule has 1 rings (SSSR count). The molecule has 0 aliphatic carbocycles. The minimum absolute atomic E-state index is 0.140. The van der Waals surface area contributed by atoms with Gasteiger partial charge in [-0.1, -0.05) is 6.92 Å². The molecule has 1 aliphatic heterocycles. The van der Waals surface area contributed by atoms with Crippen LogP contribution in [-0.2, 0) is 4.79 Å². The van der Waals surface area contributed by atoms with E-state index in [2.05, 4.69) is 5.32 Å². The number of carbonyl (C=O) groups excluding carboxylic acids is 1.